The number of nitrogens with one attached hydrogen (secondary N) is 3. The molecule has 5 aromatic rings. The average molecular weight is 476 g/mol. The molecule has 170 valence electrons. The lowest BCUT2D eigenvalue weighted by molar-refractivity contribution is 0.259. The molecule has 0 fully saturated rings. The summed E-state index contributed by atoms with van der Waals surface area (Å²) in [7, 11) is 0. The number of benzene rings is 2. The molecule has 1 unspecified atom stereocenters. The van der Waals surface area contributed by atoms with Gasteiger partial charge < -0.3 is 21.4 Å². The summed E-state index contributed by atoms with van der Waals surface area (Å²) in [6.45, 7) is 1.85. The van der Waals surface area contributed by atoms with Crippen LogP contribution in [0.1, 0.15) is 18.8 Å². The molecule has 3 aromatic heterocycles. The predicted molar refractivity (Wildman–Crippen MR) is 129 cm³/mol. The summed E-state index contributed by atoms with van der Waals surface area (Å²) >= 11 is 6.37. The molecule has 0 aliphatic heterocycles. The monoisotopic (exact) mass is 475 g/mol. The minimum atomic E-state index is -0.716. The molecule has 1 atom stereocenters. The topological polar surface area (TPSA) is 157 Å². The summed E-state index contributed by atoms with van der Waals surface area (Å²) in [4.78, 5) is 45.4. The Morgan fingerprint density at radius 3 is 2.82 bits per heavy atom. The van der Waals surface area contributed by atoms with E-state index in [4.69, 9.17) is 22.3 Å². The van der Waals surface area contributed by atoms with Gasteiger partial charge in [-0.05, 0) is 37.3 Å². The highest BCUT2D eigenvalue weighted by molar-refractivity contribution is 6.35. The number of fused-ring (bicyclic) bond motifs is 2. The van der Waals surface area contributed by atoms with Crippen molar-refractivity contribution in [3.8, 4) is 5.69 Å². The Labute approximate surface area is 197 Å². The normalized spacial score (nSPS) is 12.1. The van der Waals surface area contributed by atoms with Gasteiger partial charge in [0, 0.05) is 5.69 Å². The summed E-state index contributed by atoms with van der Waals surface area (Å²) < 4.78 is 1.45. The summed E-state index contributed by atoms with van der Waals surface area (Å²) in [5.41, 5.74) is 7.39. The van der Waals surface area contributed by atoms with E-state index < -0.39 is 12.1 Å². The summed E-state index contributed by atoms with van der Waals surface area (Å²) in [5, 5.41) is 6.38. The van der Waals surface area contributed by atoms with E-state index >= 15 is 0 Å². The summed E-state index contributed by atoms with van der Waals surface area (Å²) in [6, 6.07) is 10.6. The maximum Gasteiger partial charge on any atom is 0.316 e. The van der Waals surface area contributed by atoms with Gasteiger partial charge in [-0.2, -0.15) is 0 Å². The quantitative estimate of drug-likeness (QED) is 0.303. The van der Waals surface area contributed by atoms with Gasteiger partial charge in [-0.15, -0.1) is 0 Å². The molecule has 0 saturated carbocycles. The van der Waals surface area contributed by atoms with Crippen LogP contribution in [0.2, 0.25) is 5.02 Å². The van der Waals surface area contributed by atoms with Crippen LogP contribution < -0.4 is 21.9 Å². The minimum absolute atomic E-state index is 0.284. The molecule has 3 heterocycles. The predicted octanol–water partition coefficient (Wildman–Crippen LogP) is 3.37. The Morgan fingerprint density at radius 2 is 2.00 bits per heavy atom. The van der Waals surface area contributed by atoms with Crippen molar-refractivity contribution in [2.45, 2.75) is 13.0 Å². The number of halogens is 1. The number of hydrogen-bond acceptors (Lipinski definition) is 7. The van der Waals surface area contributed by atoms with Gasteiger partial charge in [0.25, 0.3) is 5.56 Å². The fraction of sp³-hybridized carbons (Fsp3) is 0.0909. The highest BCUT2D eigenvalue weighted by Gasteiger charge is 2.21. The average Bonchev–Trinajstić information content (AvgIpc) is 3.28. The Morgan fingerprint density at radius 1 is 1.18 bits per heavy atom. The van der Waals surface area contributed by atoms with Crippen molar-refractivity contribution >= 4 is 51.2 Å². The lowest BCUT2D eigenvalue weighted by Gasteiger charge is -2.20. The van der Waals surface area contributed by atoms with Gasteiger partial charge in [0.2, 0.25) is 0 Å². The lowest BCUT2D eigenvalue weighted by Crippen LogP contribution is -2.28. The fourth-order valence-corrected chi connectivity index (χ4v) is 4.01. The number of aromatic nitrogens is 6. The Bertz CT molecular complexity index is 1610. The zero-order valence-electron chi connectivity index (χ0n) is 17.8. The van der Waals surface area contributed by atoms with E-state index in [1.54, 1.807) is 42.5 Å². The van der Waals surface area contributed by atoms with E-state index in [0.29, 0.717) is 39.7 Å². The SMILES string of the molecule is CC(Nc1ncnc2nc[nH]c12)c1nc2cccc(Cl)c2c(=O)n1-c1cccc(NC(N)=O)c1. The van der Waals surface area contributed by atoms with Gasteiger partial charge >= 0.3 is 6.03 Å². The minimum Gasteiger partial charge on any atom is -0.358 e. The Balaban J connectivity index is 1.70. The van der Waals surface area contributed by atoms with Crippen LogP contribution in [0.4, 0.5) is 16.3 Å². The van der Waals surface area contributed by atoms with Crippen LogP contribution >= 0.6 is 11.6 Å². The third kappa shape index (κ3) is 3.77. The van der Waals surface area contributed by atoms with Crippen molar-refractivity contribution in [3.63, 3.8) is 0 Å². The van der Waals surface area contributed by atoms with Gasteiger partial charge in [0.1, 0.15) is 17.7 Å². The molecule has 11 nitrogen and oxygen atoms in total. The van der Waals surface area contributed by atoms with Crippen molar-refractivity contribution in [3.05, 3.63) is 76.3 Å². The first-order valence-electron chi connectivity index (χ1n) is 10.2. The number of hydrogen-bond donors (Lipinski definition) is 4. The van der Waals surface area contributed by atoms with Crippen molar-refractivity contribution in [1.29, 1.82) is 0 Å². The lowest BCUT2D eigenvalue weighted by atomic mass is 10.2. The first-order valence-corrected chi connectivity index (χ1v) is 10.6. The highest BCUT2D eigenvalue weighted by atomic mass is 35.5. The molecule has 0 aliphatic carbocycles. The van der Waals surface area contributed by atoms with Crippen molar-refractivity contribution in [1.82, 2.24) is 29.5 Å². The van der Waals surface area contributed by atoms with Gasteiger partial charge in [0.05, 0.1) is 34.0 Å². The van der Waals surface area contributed by atoms with Crippen molar-refractivity contribution in [2.75, 3.05) is 10.6 Å². The standard InChI is InChI=1S/C22H18ClN9O2/c1-11(29-19-17-18(26-9-25-17)27-10-28-19)20-31-15-7-3-6-14(23)16(15)21(33)32(20)13-5-2-4-12(8-13)30-22(24)34/h2-11H,1H3,(H3,24,30,34)(H2,25,26,27,28,29). The van der Waals surface area contributed by atoms with E-state index in [-0.39, 0.29) is 16.0 Å². The molecule has 12 heteroatoms. The second kappa shape index (κ2) is 8.45. The van der Waals surface area contributed by atoms with E-state index in [0.717, 1.165) is 0 Å². The molecule has 2 amide bonds. The first-order chi connectivity index (χ1) is 16.4. The largest absolute Gasteiger partial charge is 0.358 e. The number of amides is 2. The number of H-pyrrole nitrogens is 1. The molecule has 2 aromatic carbocycles. The van der Waals surface area contributed by atoms with Gasteiger partial charge in [-0.25, -0.2) is 24.7 Å². The number of aromatic amines is 1. The number of nitrogens with two attached hydrogens (primary N) is 1. The maximum absolute atomic E-state index is 13.7. The number of primary amides is 1. The highest BCUT2D eigenvalue weighted by Crippen LogP contribution is 2.26. The van der Waals surface area contributed by atoms with Gasteiger partial charge in [-0.1, -0.05) is 23.7 Å². The van der Waals surface area contributed by atoms with Crippen molar-refractivity contribution < 1.29 is 4.79 Å². The third-order valence-electron chi connectivity index (χ3n) is 5.21. The number of carbonyl (C=O) groups excluding carboxylic acids is 1. The van der Waals surface area contributed by atoms with Crippen LogP contribution in [0, 0.1) is 0 Å². The second-order valence-electron chi connectivity index (χ2n) is 7.47. The number of imidazole rings is 1. The zero-order valence-corrected chi connectivity index (χ0v) is 18.5. The summed E-state index contributed by atoms with van der Waals surface area (Å²) in [6.07, 6.45) is 2.93. The third-order valence-corrected chi connectivity index (χ3v) is 5.52. The number of anilines is 2. The molecule has 0 spiro atoms. The van der Waals surface area contributed by atoms with E-state index in [2.05, 4.69) is 30.6 Å². The molecule has 5 N–H and O–H groups in total. The smallest absolute Gasteiger partial charge is 0.316 e. The Hall–Kier alpha value is -4.51. The van der Waals surface area contributed by atoms with Crippen LogP contribution in [0.15, 0.2) is 59.9 Å². The van der Waals surface area contributed by atoms with Gasteiger partial charge in [-0.3, -0.25) is 9.36 Å². The van der Waals surface area contributed by atoms with Crippen LogP contribution in [0.5, 0.6) is 0 Å². The first kappa shape index (κ1) is 21.3. The van der Waals surface area contributed by atoms with E-state index in [1.807, 2.05) is 6.92 Å². The summed E-state index contributed by atoms with van der Waals surface area (Å²) in [5.74, 6) is 0.911. The van der Waals surface area contributed by atoms with Crippen LogP contribution in [0.25, 0.3) is 27.8 Å². The molecule has 0 bridgehead atoms. The number of rotatable bonds is 5. The number of carbonyl (C=O) groups is 1. The second-order valence-corrected chi connectivity index (χ2v) is 7.88. The zero-order chi connectivity index (χ0) is 23.8. The van der Waals surface area contributed by atoms with Crippen molar-refractivity contribution in [2.24, 2.45) is 5.73 Å². The molecular weight excluding hydrogens is 458 g/mol. The van der Waals surface area contributed by atoms with E-state index in [1.165, 1.54) is 17.2 Å². The maximum atomic E-state index is 13.7. The molecule has 0 saturated heterocycles. The fourth-order valence-electron chi connectivity index (χ4n) is 3.76. The molecule has 0 aliphatic rings. The Kier molecular flexibility index (Phi) is 5.30. The van der Waals surface area contributed by atoms with Crippen LogP contribution in [-0.2, 0) is 0 Å². The number of nitrogens with zero attached hydrogens (tertiary/aromatic N) is 5. The van der Waals surface area contributed by atoms with Crippen LogP contribution in [-0.4, -0.2) is 35.5 Å². The number of urea groups is 1. The van der Waals surface area contributed by atoms with Gasteiger partial charge in [0.15, 0.2) is 11.5 Å². The van der Waals surface area contributed by atoms with Crippen LogP contribution in [0.3, 0.4) is 0 Å². The molecule has 0 radical (unpaired) electrons. The molecule has 34 heavy (non-hydrogen) atoms. The molecular formula is C22H18ClN9O2. The van der Waals surface area contributed by atoms with E-state index in [9.17, 15) is 9.59 Å². The molecule has 5 rings (SSSR count).